The quantitative estimate of drug-likeness (QED) is 0.662. The second-order valence-electron chi connectivity index (χ2n) is 5.86. The molecular formula is C17H19BrN6O2. The Bertz CT molecular complexity index is 996. The van der Waals surface area contributed by atoms with Crippen LogP contribution < -0.4 is 15.9 Å². The fourth-order valence-corrected chi connectivity index (χ4v) is 3.05. The highest BCUT2D eigenvalue weighted by atomic mass is 79.9. The van der Waals surface area contributed by atoms with Crippen LogP contribution in [0.4, 0.5) is 11.5 Å². The third-order valence-corrected chi connectivity index (χ3v) is 4.30. The summed E-state index contributed by atoms with van der Waals surface area (Å²) in [6.45, 7) is 2.68. The number of fused-ring (bicyclic) bond motifs is 1. The average molecular weight is 419 g/mol. The van der Waals surface area contributed by atoms with E-state index in [0.29, 0.717) is 17.2 Å². The summed E-state index contributed by atoms with van der Waals surface area (Å²) in [6, 6.07) is 7.24. The molecule has 9 heteroatoms. The molecule has 0 aliphatic heterocycles. The molecule has 0 radical (unpaired) electrons. The van der Waals surface area contributed by atoms with Gasteiger partial charge in [-0.15, -0.1) is 5.10 Å². The molecule has 3 aromatic rings. The Labute approximate surface area is 158 Å². The lowest BCUT2D eigenvalue weighted by atomic mass is 10.3. The Hall–Kier alpha value is -2.68. The lowest BCUT2D eigenvalue weighted by Gasteiger charge is -2.16. The number of nitrogens with zero attached hydrogens (tertiary/aromatic N) is 5. The fraction of sp³-hybridized carbons (Fsp3) is 0.294. The molecule has 0 saturated heterocycles. The van der Waals surface area contributed by atoms with E-state index in [2.05, 4.69) is 38.3 Å². The molecule has 0 saturated carbocycles. The lowest BCUT2D eigenvalue weighted by molar-refractivity contribution is -0.117. The van der Waals surface area contributed by atoms with E-state index in [9.17, 15) is 9.59 Å². The summed E-state index contributed by atoms with van der Waals surface area (Å²) in [4.78, 5) is 31.1. The Morgan fingerprint density at radius 1 is 1.38 bits per heavy atom. The van der Waals surface area contributed by atoms with Crippen LogP contribution in [0.5, 0.6) is 0 Å². The average Bonchev–Trinajstić information content (AvgIpc) is 2.91. The number of hydrogen-bond donors (Lipinski definition) is 1. The number of benzene rings is 1. The van der Waals surface area contributed by atoms with Crippen LogP contribution in [-0.4, -0.2) is 38.7 Å². The van der Waals surface area contributed by atoms with Gasteiger partial charge in [-0.25, -0.2) is 18.9 Å². The third kappa shape index (κ3) is 3.77. The molecule has 136 valence electrons. The summed E-state index contributed by atoms with van der Waals surface area (Å²) in [5.74, 6) is 0.280. The van der Waals surface area contributed by atoms with Gasteiger partial charge in [0.1, 0.15) is 6.54 Å². The van der Waals surface area contributed by atoms with E-state index in [-0.39, 0.29) is 18.1 Å². The standard InChI is InChI=1S/C17H19BrN6O2/c1-3-8-22(2)15-16-21-24(17(26)23(16)9-7-19-15)11-14(25)20-13-6-4-5-12(18)10-13/h4-7,9-10H,3,8,11H2,1-2H3,(H,20,25). The number of halogens is 1. The van der Waals surface area contributed by atoms with E-state index in [0.717, 1.165) is 22.1 Å². The molecule has 8 nitrogen and oxygen atoms in total. The summed E-state index contributed by atoms with van der Waals surface area (Å²) in [5, 5.41) is 7.06. The SMILES string of the molecule is CCCN(C)c1nccn2c(=O)n(CC(=O)Nc3cccc(Br)c3)nc12. The zero-order valence-electron chi connectivity index (χ0n) is 14.5. The molecule has 1 N–H and O–H groups in total. The zero-order valence-corrected chi connectivity index (χ0v) is 16.1. The second kappa shape index (κ2) is 7.69. The molecule has 0 bridgehead atoms. The van der Waals surface area contributed by atoms with Gasteiger partial charge in [-0.1, -0.05) is 28.9 Å². The van der Waals surface area contributed by atoms with Crippen LogP contribution in [0.3, 0.4) is 0 Å². The lowest BCUT2D eigenvalue weighted by Crippen LogP contribution is -2.28. The van der Waals surface area contributed by atoms with Gasteiger partial charge in [-0.2, -0.15) is 0 Å². The molecular weight excluding hydrogens is 400 g/mol. The van der Waals surface area contributed by atoms with Crippen molar-refractivity contribution in [1.82, 2.24) is 19.2 Å². The molecule has 0 atom stereocenters. The number of nitrogens with one attached hydrogen (secondary N) is 1. The Balaban J connectivity index is 1.86. The van der Waals surface area contributed by atoms with Gasteiger partial charge in [-0.3, -0.25) is 4.79 Å². The van der Waals surface area contributed by atoms with Gasteiger partial charge in [-0.05, 0) is 24.6 Å². The van der Waals surface area contributed by atoms with Crippen molar-refractivity contribution in [1.29, 1.82) is 0 Å². The van der Waals surface area contributed by atoms with Crippen LogP contribution in [-0.2, 0) is 11.3 Å². The molecule has 0 aliphatic rings. The van der Waals surface area contributed by atoms with Gasteiger partial charge < -0.3 is 10.2 Å². The molecule has 3 rings (SSSR count). The number of hydrogen-bond acceptors (Lipinski definition) is 5. The van der Waals surface area contributed by atoms with Gasteiger partial charge in [0, 0.05) is 36.1 Å². The smallest absolute Gasteiger partial charge is 0.350 e. The maximum Gasteiger partial charge on any atom is 0.350 e. The predicted molar refractivity (Wildman–Crippen MR) is 104 cm³/mol. The van der Waals surface area contributed by atoms with Crippen molar-refractivity contribution in [3.63, 3.8) is 0 Å². The molecule has 1 aromatic carbocycles. The Morgan fingerprint density at radius 3 is 2.92 bits per heavy atom. The zero-order chi connectivity index (χ0) is 18.7. The minimum Gasteiger partial charge on any atom is -0.357 e. The van der Waals surface area contributed by atoms with E-state index >= 15 is 0 Å². The number of carbonyl (C=O) groups is 1. The maximum absolute atomic E-state index is 12.5. The highest BCUT2D eigenvalue weighted by Crippen LogP contribution is 2.16. The number of rotatable bonds is 6. The highest BCUT2D eigenvalue weighted by Gasteiger charge is 2.16. The topological polar surface area (TPSA) is 84.5 Å². The van der Waals surface area contributed by atoms with Crippen molar-refractivity contribution in [2.45, 2.75) is 19.9 Å². The summed E-state index contributed by atoms with van der Waals surface area (Å²) in [5.41, 5.74) is 0.702. The first-order chi connectivity index (χ1) is 12.5. The van der Waals surface area contributed by atoms with Crippen LogP contribution in [0, 0.1) is 0 Å². The Kier molecular flexibility index (Phi) is 5.36. The van der Waals surface area contributed by atoms with E-state index in [4.69, 9.17) is 0 Å². The van der Waals surface area contributed by atoms with E-state index in [1.807, 2.05) is 24.1 Å². The highest BCUT2D eigenvalue weighted by molar-refractivity contribution is 9.10. The number of amides is 1. The number of aromatic nitrogens is 4. The van der Waals surface area contributed by atoms with Gasteiger partial charge in [0.05, 0.1) is 0 Å². The normalized spacial score (nSPS) is 10.9. The van der Waals surface area contributed by atoms with Crippen molar-refractivity contribution in [3.8, 4) is 0 Å². The molecule has 0 spiro atoms. The van der Waals surface area contributed by atoms with Crippen molar-refractivity contribution in [3.05, 3.63) is 51.6 Å². The molecule has 1 amide bonds. The van der Waals surface area contributed by atoms with E-state index < -0.39 is 0 Å². The van der Waals surface area contributed by atoms with Crippen LogP contribution in [0.1, 0.15) is 13.3 Å². The minimum absolute atomic E-state index is 0.177. The minimum atomic E-state index is -0.377. The monoisotopic (exact) mass is 418 g/mol. The van der Waals surface area contributed by atoms with Crippen LogP contribution >= 0.6 is 15.9 Å². The van der Waals surface area contributed by atoms with E-state index in [1.54, 1.807) is 24.5 Å². The molecule has 2 heterocycles. The number of carbonyl (C=O) groups excluding carboxylic acids is 1. The predicted octanol–water partition coefficient (Wildman–Crippen LogP) is 2.14. The largest absolute Gasteiger partial charge is 0.357 e. The third-order valence-electron chi connectivity index (χ3n) is 3.81. The van der Waals surface area contributed by atoms with Crippen LogP contribution in [0.25, 0.3) is 5.65 Å². The second-order valence-corrected chi connectivity index (χ2v) is 6.78. The van der Waals surface area contributed by atoms with Gasteiger partial charge >= 0.3 is 5.69 Å². The van der Waals surface area contributed by atoms with Crippen LogP contribution in [0.15, 0.2) is 45.9 Å². The first kappa shape index (κ1) is 18.1. The summed E-state index contributed by atoms with van der Waals surface area (Å²) in [6.07, 6.45) is 4.05. The van der Waals surface area contributed by atoms with E-state index in [1.165, 1.54) is 4.40 Å². The van der Waals surface area contributed by atoms with Crippen molar-refractivity contribution >= 4 is 39.0 Å². The first-order valence-corrected chi connectivity index (χ1v) is 8.99. The molecule has 0 aliphatic carbocycles. The van der Waals surface area contributed by atoms with Gasteiger partial charge in [0.2, 0.25) is 11.6 Å². The Morgan fingerprint density at radius 2 is 2.19 bits per heavy atom. The van der Waals surface area contributed by atoms with Gasteiger partial charge in [0.15, 0.2) is 5.82 Å². The maximum atomic E-state index is 12.5. The molecule has 26 heavy (non-hydrogen) atoms. The molecule has 0 unspecified atom stereocenters. The van der Waals surface area contributed by atoms with Crippen molar-refractivity contribution in [2.75, 3.05) is 23.8 Å². The van der Waals surface area contributed by atoms with Crippen molar-refractivity contribution in [2.24, 2.45) is 0 Å². The summed E-state index contributed by atoms with van der Waals surface area (Å²) >= 11 is 3.35. The van der Waals surface area contributed by atoms with Crippen molar-refractivity contribution < 1.29 is 4.79 Å². The number of anilines is 2. The van der Waals surface area contributed by atoms with Gasteiger partial charge in [0.25, 0.3) is 0 Å². The summed E-state index contributed by atoms with van der Waals surface area (Å²) < 4.78 is 3.41. The fourth-order valence-electron chi connectivity index (χ4n) is 2.65. The molecule has 2 aromatic heterocycles. The molecule has 0 fully saturated rings. The van der Waals surface area contributed by atoms with Crippen LogP contribution in [0.2, 0.25) is 0 Å². The summed E-state index contributed by atoms with van der Waals surface area (Å²) in [7, 11) is 1.90. The first-order valence-electron chi connectivity index (χ1n) is 8.20.